The fourth-order valence-corrected chi connectivity index (χ4v) is 11.0. The Hall–Kier alpha value is -9.28. The molecule has 1 aliphatic carbocycles. The zero-order chi connectivity index (χ0) is 60.7. The van der Waals surface area contributed by atoms with Gasteiger partial charge in [-0.2, -0.15) is 0 Å². The van der Waals surface area contributed by atoms with E-state index in [1.54, 1.807) is 50.2 Å². The lowest BCUT2D eigenvalue weighted by molar-refractivity contribution is -0.172. The van der Waals surface area contributed by atoms with Gasteiger partial charge in [0.05, 0.1) is 81.0 Å². The number of esters is 1. The van der Waals surface area contributed by atoms with E-state index in [-0.39, 0.29) is 81.8 Å². The number of aliphatic hydroxyl groups is 1. The molecule has 27 nitrogen and oxygen atoms in total. The number of amides is 10. The number of hydrogen-bond acceptors (Lipinski definition) is 17. The Morgan fingerprint density at radius 3 is 2.29 bits per heavy atom. The van der Waals surface area contributed by atoms with Crippen LogP contribution in [0.3, 0.4) is 0 Å². The average Bonchev–Trinajstić information content (AvgIpc) is 1.69. The number of imide groups is 1. The quantitative estimate of drug-likeness (QED) is 0.0146. The fraction of sp³-hybridized carbons (Fsp3) is 0.421. The zero-order valence-corrected chi connectivity index (χ0v) is 46.4. The molecule has 448 valence electrons. The van der Waals surface area contributed by atoms with Crippen molar-refractivity contribution in [2.45, 2.75) is 95.7 Å². The van der Waals surface area contributed by atoms with E-state index in [0.29, 0.717) is 63.9 Å². The Balaban J connectivity index is 0.724. The standard InChI is InChI=1S/C57H62FN11O16/c1-3-57(82)35-21-41-52-33(27-69(41)55(80)34(35)28-84-56(57)81)51-37(12-11-32-30(2)36(58)22-38(65-52)50(32)51)63-46(74)29-85-66-54(79)40-10-7-16-67(40)49(77)26-61-44(72)24-62-53(78)39(20-31-8-5-4-6-9-31)64-45(73)25-60-43(71)23-59-42(70)15-18-83-19-17-68-47(75)13-14-48(68)76/h4-6,8-9,13-14,21-22,37,39-40,82H,3,7,10-12,15-20,23-29H2,1-2H3,(H,59,70)(H,60,71)(H,61,72)(H,62,78)(H,63,74)(H,64,73)(H,66,79)/t37-,39-,40-,57-/m0/s1. The maximum Gasteiger partial charge on any atom is 0.343 e. The topological polar surface area (TPSA) is 361 Å². The number of carbonyl (C=O) groups is 11. The summed E-state index contributed by atoms with van der Waals surface area (Å²) in [7, 11) is 0. The number of halogens is 1. The number of carbonyl (C=O) groups excluding carboxylic acids is 11. The molecule has 4 aromatic rings. The third-order valence-corrected chi connectivity index (χ3v) is 15.5. The van der Waals surface area contributed by atoms with Crippen molar-refractivity contribution in [1.29, 1.82) is 0 Å². The van der Waals surface area contributed by atoms with Gasteiger partial charge in [-0.1, -0.05) is 37.3 Å². The highest BCUT2D eigenvalue weighted by atomic mass is 19.1. The molecule has 0 unspecified atom stereocenters. The van der Waals surface area contributed by atoms with Crippen molar-refractivity contribution >= 4 is 75.9 Å². The van der Waals surface area contributed by atoms with Crippen LogP contribution in [0.15, 0.2) is 59.4 Å². The molecular weight excluding hydrogens is 1110 g/mol. The van der Waals surface area contributed by atoms with Gasteiger partial charge in [0.1, 0.15) is 24.5 Å². The van der Waals surface area contributed by atoms with E-state index in [0.717, 1.165) is 17.1 Å². The number of rotatable bonds is 24. The van der Waals surface area contributed by atoms with E-state index in [1.807, 2.05) is 0 Å². The van der Waals surface area contributed by atoms with Crippen LogP contribution in [0.2, 0.25) is 0 Å². The minimum Gasteiger partial charge on any atom is -0.458 e. The molecule has 0 saturated carbocycles. The Kier molecular flexibility index (Phi) is 18.5. The second-order valence-corrected chi connectivity index (χ2v) is 20.9. The minimum absolute atomic E-state index is 0.00751. The Morgan fingerprint density at radius 1 is 0.847 bits per heavy atom. The molecule has 2 aromatic heterocycles. The number of hydroxylamine groups is 1. The van der Waals surface area contributed by atoms with Crippen molar-refractivity contribution < 1.29 is 76.5 Å². The number of ether oxygens (including phenoxy) is 2. The maximum absolute atomic E-state index is 15.4. The molecule has 28 heteroatoms. The van der Waals surface area contributed by atoms with Gasteiger partial charge in [0, 0.05) is 54.1 Å². The van der Waals surface area contributed by atoms with Crippen LogP contribution in [0.1, 0.15) is 84.0 Å². The third-order valence-electron chi connectivity index (χ3n) is 15.5. The lowest BCUT2D eigenvalue weighted by atomic mass is 9.81. The monoisotopic (exact) mass is 1180 g/mol. The smallest absolute Gasteiger partial charge is 0.343 e. The molecular formula is C57H62FN11O16. The van der Waals surface area contributed by atoms with Crippen molar-refractivity contribution in [2.24, 2.45) is 0 Å². The molecule has 5 aliphatic rings. The van der Waals surface area contributed by atoms with Crippen LogP contribution < -0.4 is 42.9 Å². The first-order chi connectivity index (χ1) is 40.8. The molecule has 4 aliphatic heterocycles. The van der Waals surface area contributed by atoms with Gasteiger partial charge in [-0.05, 0) is 67.3 Å². The van der Waals surface area contributed by atoms with Crippen LogP contribution in [0.5, 0.6) is 0 Å². The molecule has 4 atom stereocenters. The molecule has 0 bridgehead atoms. The Labute approximate surface area is 483 Å². The van der Waals surface area contributed by atoms with Crippen molar-refractivity contribution in [3.05, 3.63) is 110 Å². The van der Waals surface area contributed by atoms with Gasteiger partial charge >= 0.3 is 5.97 Å². The van der Waals surface area contributed by atoms with Crippen LogP contribution in [-0.2, 0) is 98.6 Å². The van der Waals surface area contributed by atoms with Crippen molar-refractivity contribution in [2.75, 3.05) is 59.1 Å². The van der Waals surface area contributed by atoms with Crippen molar-refractivity contribution in [1.82, 2.24) is 56.7 Å². The van der Waals surface area contributed by atoms with E-state index in [9.17, 15) is 62.6 Å². The first-order valence-electron chi connectivity index (χ1n) is 27.6. The lowest BCUT2D eigenvalue weighted by Gasteiger charge is -2.31. The molecule has 1 saturated heterocycles. The molecule has 0 spiro atoms. The number of hydrogen-bond donors (Lipinski definition) is 8. The second-order valence-electron chi connectivity index (χ2n) is 20.9. The first kappa shape index (κ1) is 60.3. The number of nitrogens with zero attached hydrogens (tertiary/aromatic N) is 4. The molecule has 9 rings (SSSR count). The van der Waals surface area contributed by atoms with E-state index in [4.69, 9.17) is 19.3 Å². The number of fused-ring (bicyclic) bond motifs is 5. The molecule has 1 fully saturated rings. The van der Waals surface area contributed by atoms with Crippen LogP contribution in [-0.4, -0.2) is 161 Å². The van der Waals surface area contributed by atoms with E-state index in [2.05, 4.69) is 37.4 Å². The number of cyclic esters (lactones) is 1. The van der Waals surface area contributed by atoms with Gasteiger partial charge in [-0.15, -0.1) is 0 Å². The highest BCUT2D eigenvalue weighted by Crippen LogP contribution is 2.46. The average molecular weight is 1180 g/mol. The number of aromatic nitrogens is 2. The van der Waals surface area contributed by atoms with Crippen LogP contribution >= 0.6 is 0 Å². The number of nitrogens with one attached hydrogen (secondary N) is 7. The zero-order valence-electron chi connectivity index (χ0n) is 46.4. The minimum atomic E-state index is -2.07. The summed E-state index contributed by atoms with van der Waals surface area (Å²) in [5.41, 5.74) is 3.78. The van der Waals surface area contributed by atoms with E-state index < -0.39 is 133 Å². The van der Waals surface area contributed by atoms with E-state index >= 15 is 4.39 Å². The summed E-state index contributed by atoms with van der Waals surface area (Å²) in [5, 5.41) is 27.1. The van der Waals surface area contributed by atoms with E-state index in [1.165, 1.54) is 15.5 Å². The SMILES string of the molecule is CC[C@@]1(O)C(=O)OCc2c1cc1n(c2=O)Cc2c-1nc1cc(F)c(C)c3c1c2[C@@H](NC(=O)CONC(=O)[C@@H]1CCCN1C(=O)CNC(=O)CNC(=O)[C@H](Cc1ccccc1)NC(=O)CNC(=O)CNC(=O)CCOCCN1C(=O)C=CC1=O)CC3. The van der Waals surface area contributed by atoms with Gasteiger partial charge in [0.2, 0.25) is 41.4 Å². The Morgan fingerprint density at radius 2 is 1.55 bits per heavy atom. The molecule has 85 heavy (non-hydrogen) atoms. The number of benzene rings is 2. The van der Waals surface area contributed by atoms with Crippen molar-refractivity contribution in [3.8, 4) is 11.4 Å². The van der Waals surface area contributed by atoms with Crippen LogP contribution in [0.25, 0.3) is 22.3 Å². The third kappa shape index (κ3) is 13.2. The summed E-state index contributed by atoms with van der Waals surface area (Å²) in [6, 6.07) is 8.52. The summed E-state index contributed by atoms with van der Waals surface area (Å²) in [6.07, 6.45) is 3.43. The molecule has 10 amide bonds. The molecule has 2 aromatic carbocycles. The summed E-state index contributed by atoms with van der Waals surface area (Å²) < 4.78 is 27.4. The first-order valence-corrected chi connectivity index (χ1v) is 27.6. The summed E-state index contributed by atoms with van der Waals surface area (Å²) >= 11 is 0. The highest BCUT2D eigenvalue weighted by Gasteiger charge is 2.46. The summed E-state index contributed by atoms with van der Waals surface area (Å²) in [4.78, 5) is 167. The summed E-state index contributed by atoms with van der Waals surface area (Å²) in [6.45, 7) is 0.189. The predicted octanol–water partition coefficient (Wildman–Crippen LogP) is -1.81. The summed E-state index contributed by atoms with van der Waals surface area (Å²) in [5.74, 6) is -7.85. The van der Waals surface area contributed by atoms with Gasteiger partial charge in [0.25, 0.3) is 23.3 Å². The molecule has 6 heterocycles. The van der Waals surface area contributed by atoms with Crippen LogP contribution in [0, 0.1) is 12.7 Å². The van der Waals surface area contributed by atoms with Crippen LogP contribution in [0.4, 0.5) is 4.39 Å². The van der Waals surface area contributed by atoms with Gasteiger partial charge in [0.15, 0.2) is 12.2 Å². The lowest BCUT2D eigenvalue weighted by Crippen LogP contribution is -2.53. The number of aryl methyl sites for hydroxylation is 1. The largest absolute Gasteiger partial charge is 0.458 e. The molecule has 8 N–H and O–H groups in total. The number of pyridine rings is 2. The van der Waals surface area contributed by atoms with Gasteiger partial charge in [-0.3, -0.25) is 62.5 Å². The molecule has 0 radical (unpaired) electrons. The predicted molar refractivity (Wildman–Crippen MR) is 293 cm³/mol. The number of likely N-dealkylation sites (tertiary alicyclic amines) is 1. The second kappa shape index (κ2) is 26.1. The maximum atomic E-state index is 15.4. The fourth-order valence-electron chi connectivity index (χ4n) is 11.0. The van der Waals surface area contributed by atoms with Gasteiger partial charge in [-0.25, -0.2) is 19.6 Å². The normalized spacial score (nSPS) is 18.4. The Bertz CT molecular complexity index is 3500. The van der Waals surface area contributed by atoms with Gasteiger partial charge < -0.3 is 55.9 Å². The highest BCUT2D eigenvalue weighted by molar-refractivity contribution is 6.13. The van der Waals surface area contributed by atoms with Crippen molar-refractivity contribution in [3.63, 3.8) is 0 Å².